The van der Waals surface area contributed by atoms with Crippen LogP contribution in [0.25, 0.3) is 0 Å². The molecule has 84 valence electrons. The maximum Gasteiger partial charge on any atom is 0.150 e. The highest BCUT2D eigenvalue weighted by atomic mass is 15.2. The monoisotopic (exact) mass is 207 g/mol. The lowest BCUT2D eigenvalue weighted by molar-refractivity contribution is 0.531. The van der Waals surface area contributed by atoms with Crippen LogP contribution >= 0.6 is 0 Å². The van der Waals surface area contributed by atoms with E-state index in [2.05, 4.69) is 29.0 Å². The van der Waals surface area contributed by atoms with Gasteiger partial charge >= 0.3 is 0 Å². The van der Waals surface area contributed by atoms with E-state index in [4.69, 9.17) is 0 Å². The van der Waals surface area contributed by atoms with Crippen molar-refractivity contribution >= 4 is 0 Å². The number of nitrogens with one attached hydrogen (secondary N) is 1. The molecule has 1 aromatic heterocycles. The van der Waals surface area contributed by atoms with E-state index in [9.17, 15) is 0 Å². The van der Waals surface area contributed by atoms with Crippen molar-refractivity contribution in [2.75, 3.05) is 0 Å². The summed E-state index contributed by atoms with van der Waals surface area (Å²) in [4.78, 5) is 4.55. The van der Waals surface area contributed by atoms with Crippen molar-refractivity contribution in [2.45, 2.75) is 52.4 Å². The molecule has 1 aliphatic rings. The van der Waals surface area contributed by atoms with Crippen molar-refractivity contribution in [3.8, 4) is 0 Å². The molecule has 1 N–H and O–H groups in total. The zero-order valence-corrected chi connectivity index (χ0v) is 9.79. The molecule has 1 aromatic rings. The maximum absolute atomic E-state index is 4.55. The molecule has 0 atom stereocenters. The first kappa shape index (κ1) is 10.7. The molecule has 0 saturated heterocycles. The Morgan fingerprint density at radius 1 is 1.33 bits per heavy atom. The SMILES string of the molecule is CC(C)Cc1nc(CC2CCCC2)n[nH]1. The third-order valence-corrected chi connectivity index (χ3v) is 3.13. The molecule has 0 radical (unpaired) electrons. The van der Waals surface area contributed by atoms with Gasteiger partial charge in [0.1, 0.15) is 5.82 Å². The topological polar surface area (TPSA) is 41.6 Å². The van der Waals surface area contributed by atoms with Crippen molar-refractivity contribution in [1.82, 2.24) is 15.2 Å². The van der Waals surface area contributed by atoms with Crippen LogP contribution in [0.2, 0.25) is 0 Å². The Bertz CT molecular complexity index is 298. The number of hydrogen-bond donors (Lipinski definition) is 1. The van der Waals surface area contributed by atoms with Crippen molar-refractivity contribution in [2.24, 2.45) is 11.8 Å². The van der Waals surface area contributed by atoms with Crippen LogP contribution in [0, 0.1) is 11.8 Å². The summed E-state index contributed by atoms with van der Waals surface area (Å²) in [5.74, 6) is 3.57. The minimum Gasteiger partial charge on any atom is -0.263 e. The second kappa shape index (κ2) is 4.77. The van der Waals surface area contributed by atoms with Gasteiger partial charge in [0.25, 0.3) is 0 Å². The summed E-state index contributed by atoms with van der Waals surface area (Å²) in [5.41, 5.74) is 0. The lowest BCUT2D eigenvalue weighted by atomic mass is 10.0. The molecule has 0 amide bonds. The second-order valence-electron chi connectivity index (χ2n) is 5.15. The highest BCUT2D eigenvalue weighted by Crippen LogP contribution is 2.26. The molecule has 1 saturated carbocycles. The van der Waals surface area contributed by atoms with Crippen molar-refractivity contribution in [1.29, 1.82) is 0 Å². The molecule has 0 aromatic carbocycles. The van der Waals surface area contributed by atoms with Crippen molar-refractivity contribution in [3.05, 3.63) is 11.6 Å². The van der Waals surface area contributed by atoms with Crippen LogP contribution in [0.1, 0.15) is 51.2 Å². The third-order valence-electron chi connectivity index (χ3n) is 3.13. The quantitative estimate of drug-likeness (QED) is 0.824. The Labute approximate surface area is 91.7 Å². The highest BCUT2D eigenvalue weighted by molar-refractivity contribution is 4.93. The van der Waals surface area contributed by atoms with Gasteiger partial charge in [0.2, 0.25) is 0 Å². The van der Waals surface area contributed by atoms with Gasteiger partial charge in [-0.1, -0.05) is 39.5 Å². The van der Waals surface area contributed by atoms with E-state index >= 15 is 0 Å². The molecule has 1 heterocycles. The normalized spacial score (nSPS) is 17.8. The Morgan fingerprint density at radius 3 is 2.73 bits per heavy atom. The zero-order valence-electron chi connectivity index (χ0n) is 9.79. The lowest BCUT2D eigenvalue weighted by Crippen LogP contribution is -2.01. The summed E-state index contributed by atoms with van der Waals surface area (Å²) >= 11 is 0. The predicted octanol–water partition coefficient (Wildman–Crippen LogP) is 2.74. The van der Waals surface area contributed by atoms with E-state index in [1.807, 2.05) is 0 Å². The summed E-state index contributed by atoms with van der Waals surface area (Å²) in [5, 5.41) is 7.35. The molecule has 3 heteroatoms. The van der Waals surface area contributed by atoms with Crippen molar-refractivity contribution < 1.29 is 0 Å². The smallest absolute Gasteiger partial charge is 0.150 e. The summed E-state index contributed by atoms with van der Waals surface area (Å²) in [6.07, 6.45) is 7.62. The number of H-pyrrole nitrogens is 1. The first-order chi connectivity index (χ1) is 7.24. The number of hydrogen-bond acceptors (Lipinski definition) is 2. The fourth-order valence-corrected chi connectivity index (χ4v) is 2.38. The summed E-state index contributed by atoms with van der Waals surface area (Å²) < 4.78 is 0. The molecular weight excluding hydrogens is 186 g/mol. The number of nitrogens with zero attached hydrogens (tertiary/aromatic N) is 2. The molecule has 0 unspecified atom stereocenters. The molecule has 0 aliphatic heterocycles. The van der Waals surface area contributed by atoms with E-state index in [0.29, 0.717) is 5.92 Å². The summed E-state index contributed by atoms with van der Waals surface area (Å²) in [7, 11) is 0. The Morgan fingerprint density at radius 2 is 2.07 bits per heavy atom. The van der Waals surface area contributed by atoms with Crippen LogP contribution < -0.4 is 0 Å². The van der Waals surface area contributed by atoms with Gasteiger partial charge in [-0.25, -0.2) is 4.98 Å². The van der Waals surface area contributed by atoms with Crippen LogP contribution in [0.4, 0.5) is 0 Å². The Hall–Kier alpha value is -0.860. The average Bonchev–Trinajstić information content (AvgIpc) is 2.77. The first-order valence-electron chi connectivity index (χ1n) is 6.14. The summed E-state index contributed by atoms with van der Waals surface area (Å²) in [6, 6.07) is 0. The van der Waals surface area contributed by atoms with Crippen LogP contribution in [-0.4, -0.2) is 15.2 Å². The first-order valence-corrected chi connectivity index (χ1v) is 6.14. The van der Waals surface area contributed by atoms with Gasteiger partial charge in [-0.05, 0) is 11.8 Å². The van der Waals surface area contributed by atoms with Gasteiger partial charge in [-0.2, -0.15) is 5.10 Å². The molecule has 2 rings (SSSR count). The van der Waals surface area contributed by atoms with E-state index in [1.54, 1.807) is 0 Å². The van der Waals surface area contributed by atoms with Gasteiger partial charge in [-0.15, -0.1) is 0 Å². The zero-order chi connectivity index (χ0) is 10.7. The van der Waals surface area contributed by atoms with E-state index in [1.165, 1.54) is 25.7 Å². The van der Waals surface area contributed by atoms with E-state index < -0.39 is 0 Å². The molecule has 0 spiro atoms. The highest BCUT2D eigenvalue weighted by Gasteiger charge is 2.17. The third kappa shape index (κ3) is 3.05. The molecule has 3 nitrogen and oxygen atoms in total. The minimum absolute atomic E-state index is 0.650. The van der Waals surface area contributed by atoms with Gasteiger partial charge < -0.3 is 0 Å². The van der Waals surface area contributed by atoms with Crippen LogP contribution in [0.15, 0.2) is 0 Å². The van der Waals surface area contributed by atoms with Gasteiger partial charge in [-0.3, -0.25) is 5.10 Å². The standard InChI is InChI=1S/C12H21N3/c1-9(2)7-11-13-12(15-14-11)8-10-5-3-4-6-10/h9-10H,3-8H2,1-2H3,(H,13,14,15). The van der Waals surface area contributed by atoms with Crippen LogP contribution in [0.3, 0.4) is 0 Å². The van der Waals surface area contributed by atoms with Crippen LogP contribution in [0.5, 0.6) is 0 Å². The molecule has 15 heavy (non-hydrogen) atoms. The predicted molar refractivity (Wildman–Crippen MR) is 60.6 cm³/mol. The Kier molecular flexibility index (Phi) is 3.39. The van der Waals surface area contributed by atoms with Crippen molar-refractivity contribution in [3.63, 3.8) is 0 Å². The van der Waals surface area contributed by atoms with Gasteiger partial charge in [0.05, 0.1) is 0 Å². The maximum atomic E-state index is 4.55. The van der Waals surface area contributed by atoms with Gasteiger partial charge in [0, 0.05) is 12.8 Å². The fraction of sp³-hybridized carbons (Fsp3) is 0.833. The summed E-state index contributed by atoms with van der Waals surface area (Å²) in [6.45, 7) is 4.42. The van der Waals surface area contributed by atoms with Crippen LogP contribution in [-0.2, 0) is 12.8 Å². The average molecular weight is 207 g/mol. The number of aromatic amines is 1. The van der Waals surface area contributed by atoms with E-state index in [0.717, 1.165) is 30.4 Å². The molecule has 0 bridgehead atoms. The van der Waals surface area contributed by atoms with Gasteiger partial charge in [0.15, 0.2) is 5.82 Å². The Balaban J connectivity index is 1.88. The minimum atomic E-state index is 0.650. The fourth-order valence-electron chi connectivity index (χ4n) is 2.38. The largest absolute Gasteiger partial charge is 0.263 e. The number of aromatic nitrogens is 3. The molecule has 1 aliphatic carbocycles. The lowest BCUT2D eigenvalue weighted by Gasteiger charge is -2.03. The second-order valence-corrected chi connectivity index (χ2v) is 5.15. The molecular formula is C12H21N3. The number of rotatable bonds is 4. The molecule has 1 fully saturated rings. The van der Waals surface area contributed by atoms with E-state index in [-0.39, 0.29) is 0 Å².